The molecule has 0 spiro atoms. The maximum atomic E-state index is 7.06. The monoisotopic (exact) mass is 523 g/mol. The number of benzene rings is 4. The third-order valence-corrected chi connectivity index (χ3v) is 9.05. The molecule has 0 radical (unpaired) electrons. The van der Waals surface area contributed by atoms with Crippen molar-refractivity contribution in [2.45, 2.75) is 66.5 Å². The van der Waals surface area contributed by atoms with Crippen LogP contribution in [0, 0.1) is 27.7 Å². The molecule has 1 aromatic heterocycles. The molecule has 5 aromatic rings. The fraction of sp³-hybridized carbons (Fsp3) is 0.294. The molecule has 38 heavy (non-hydrogen) atoms. The van der Waals surface area contributed by atoms with Gasteiger partial charge in [-0.15, -0.1) is 0 Å². The van der Waals surface area contributed by atoms with E-state index in [4.69, 9.17) is 8.39 Å². The fourth-order valence-corrected chi connectivity index (χ4v) is 7.84. The minimum absolute atomic E-state index is 0.133. The maximum Gasteiger partial charge on any atom is 0.310 e. The van der Waals surface area contributed by atoms with Gasteiger partial charge >= 0.3 is 8.16 Å². The summed E-state index contributed by atoms with van der Waals surface area (Å²) in [4.78, 5) is 0. The largest absolute Gasteiger partial charge is 0.407 e. The molecule has 0 N–H and O–H groups in total. The molecule has 5 rings (SSSR count). The summed E-state index contributed by atoms with van der Waals surface area (Å²) >= 11 is 0. The quantitative estimate of drug-likeness (QED) is 0.212. The van der Waals surface area contributed by atoms with E-state index in [0.29, 0.717) is 0 Å². The predicted molar refractivity (Wildman–Crippen MR) is 162 cm³/mol. The highest BCUT2D eigenvalue weighted by molar-refractivity contribution is 7.39. The molecule has 4 heteroatoms. The Kier molecular flexibility index (Phi) is 7.79. The van der Waals surface area contributed by atoms with Gasteiger partial charge in [0.1, 0.15) is 11.2 Å². The van der Waals surface area contributed by atoms with Crippen molar-refractivity contribution in [2.24, 2.45) is 0 Å². The van der Waals surface area contributed by atoms with Crippen LogP contribution >= 0.6 is 8.16 Å². The Morgan fingerprint density at radius 1 is 0.605 bits per heavy atom. The van der Waals surface area contributed by atoms with Crippen LogP contribution in [-0.4, -0.2) is 0 Å². The van der Waals surface area contributed by atoms with Crippen molar-refractivity contribution in [1.29, 1.82) is 0 Å². The van der Waals surface area contributed by atoms with Crippen LogP contribution in [0.1, 0.15) is 72.2 Å². The summed E-state index contributed by atoms with van der Waals surface area (Å²) < 4.78 is 16.6. The molecule has 2 atom stereocenters. The maximum absolute atomic E-state index is 7.06. The van der Waals surface area contributed by atoms with Crippen molar-refractivity contribution in [3.63, 3.8) is 0 Å². The SMILES string of the molecule is CC[C@@H](c1ccccc1)N([C@@H](CC)c1ccccc1)p1oc2c(C)cc(C)cc2c2cc(C)cc(C)c2o1. The van der Waals surface area contributed by atoms with Crippen LogP contribution < -0.4 is 4.67 Å². The van der Waals surface area contributed by atoms with Gasteiger partial charge < -0.3 is 8.39 Å². The topological polar surface area (TPSA) is 29.5 Å². The number of nitrogens with zero attached hydrogens (tertiary/aromatic N) is 1. The molecule has 3 nitrogen and oxygen atoms in total. The van der Waals surface area contributed by atoms with Gasteiger partial charge in [-0.2, -0.15) is 4.67 Å². The highest BCUT2D eigenvalue weighted by atomic mass is 31.1. The first kappa shape index (κ1) is 26.4. The van der Waals surface area contributed by atoms with Crippen molar-refractivity contribution in [2.75, 3.05) is 4.67 Å². The summed E-state index contributed by atoms with van der Waals surface area (Å²) in [5.41, 5.74) is 9.17. The van der Waals surface area contributed by atoms with Crippen molar-refractivity contribution in [1.82, 2.24) is 0 Å². The molecule has 1 heterocycles. The Labute approximate surface area is 227 Å². The van der Waals surface area contributed by atoms with E-state index in [1.54, 1.807) is 0 Å². The van der Waals surface area contributed by atoms with E-state index in [-0.39, 0.29) is 12.1 Å². The summed E-state index contributed by atoms with van der Waals surface area (Å²) in [5.74, 6) is 0. The minimum Gasteiger partial charge on any atom is -0.407 e. The van der Waals surface area contributed by atoms with Crippen LogP contribution in [0.15, 0.2) is 93.3 Å². The van der Waals surface area contributed by atoms with Crippen molar-refractivity contribution in [3.8, 4) is 0 Å². The first-order chi connectivity index (χ1) is 18.4. The van der Waals surface area contributed by atoms with Gasteiger partial charge in [0.05, 0.1) is 0 Å². The lowest BCUT2D eigenvalue weighted by molar-refractivity contribution is 0.503. The second-order valence-electron chi connectivity index (χ2n) is 10.4. The Balaban J connectivity index is 1.90. The van der Waals surface area contributed by atoms with E-state index in [1.165, 1.54) is 22.3 Å². The molecule has 0 aliphatic carbocycles. The Morgan fingerprint density at radius 3 is 1.37 bits per heavy atom. The van der Waals surface area contributed by atoms with Crippen LogP contribution in [0.4, 0.5) is 0 Å². The lowest BCUT2D eigenvalue weighted by atomic mass is 9.99. The van der Waals surface area contributed by atoms with Gasteiger partial charge in [-0.25, -0.2) is 0 Å². The van der Waals surface area contributed by atoms with Crippen LogP contribution in [-0.2, 0) is 0 Å². The smallest absolute Gasteiger partial charge is 0.310 e. The van der Waals surface area contributed by atoms with Gasteiger partial charge in [-0.05, 0) is 86.1 Å². The van der Waals surface area contributed by atoms with Gasteiger partial charge in [0, 0.05) is 22.9 Å². The summed E-state index contributed by atoms with van der Waals surface area (Å²) in [7, 11) is -1.49. The van der Waals surface area contributed by atoms with Crippen LogP contribution in [0.3, 0.4) is 0 Å². The summed E-state index contributed by atoms with van der Waals surface area (Å²) in [6, 6.07) is 30.8. The van der Waals surface area contributed by atoms with Crippen LogP contribution in [0.25, 0.3) is 21.9 Å². The standard InChI is InChI=1S/C34H38NO2P/c1-7-31(27-15-11-9-12-16-27)35(32(8-2)28-17-13-10-14-18-28)38-36-33-25(5)19-23(3)21-29(33)30-22-24(4)20-26(6)34(30)37-38/h9-22,31-32H,7-8H2,1-6H3/t31-,32-/m0/s1. The predicted octanol–water partition coefficient (Wildman–Crippen LogP) is 10.8. The number of hydrogen-bond donors (Lipinski definition) is 0. The highest BCUT2D eigenvalue weighted by Crippen LogP contribution is 2.48. The van der Waals surface area contributed by atoms with Gasteiger partial charge in [-0.1, -0.05) is 86.6 Å². The number of aryl methyl sites for hydroxylation is 4. The van der Waals surface area contributed by atoms with Crippen molar-refractivity contribution >= 4 is 30.1 Å². The normalized spacial score (nSPS) is 13.2. The van der Waals surface area contributed by atoms with E-state index in [9.17, 15) is 0 Å². The van der Waals surface area contributed by atoms with E-state index >= 15 is 0 Å². The van der Waals surface area contributed by atoms with Crippen LogP contribution in [0.2, 0.25) is 0 Å². The van der Waals surface area contributed by atoms with E-state index < -0.39 is 8.16 Å². The average Bonchev–Trinajstić information content (AvgIpc) is 3.07. The van der Waals surface area contributed by atoms with Gasteiger partial charge in [0.25, 0.3) is 0 Å². The summed E-state index contributed by atoms with van der Waals surface area (Å²) in [6.07, 6.45) is 1.89. The Hall–Kier alpha value is -3.26. The molecule has 0 bridgehead atoms. The number of fused-ring (bicyclic) bond motifs is 3. The van der Waals surface area contributed by atoms with E-state index in [0.717, 1.165) is 45.9 Å². The molecule has 0 aliphatic rings. The molecule has 0 saturated heterocycles. The second-order valence-corrected chi connectivity index (χ2v) is 11.7. The molecule has 0 aliphatic heterocycles. The minimum atomic E-state index is -1.49. The molecule has 196 valence electrons. The fourth-order valence-electron chi connectivity index (χ4n) is 5.77. The molecule has 0 saturated carbocycles. The van der Waals surface area contributed by atoms with E-state index in [1.807, 2.05) is 0 Å². The summed E-state index contributed by atoms with van der Waals surface area (Å²) in [6.45, 7) is 13.1. The zero-order valence-corrected chi connectivity index (χ0v) is 24.3. The summed E-state index contributed by atoms with van der Waals surface area (Å²) in [5, 5.41) is 2.24. The lowest BCUT2D eigenvalue weighted by Gasteiger charge is -2.35. The highest BCUT2D eigenvalue weighted by Gasteiger charge is 2.32. The average molecular weight is 524 g/mol. The first-order valence-corrected chi connectivity index (χ1v) is 14.8. The molecule has 0 fully saturated rings. The second kappa shape index (κ2) is 11.2. The van der Waals surface area contributed by atoms with Gasteiger partial charge in [0.15, 0.2) is 0 Å². The third-order valence-electron chi connectivity index (χ3n) is 7.44. The molecule has 0 amide bonds. The van der Waals surface area contributed by atoms with Crippen molar-refractivity contribution in [3.05, 3.63) is 118 Å². The van der Waals surface area contributed by atoms with Crippen molar-refractivity contribution < 1.29 is 8.39 Å². The molecular formula is C34H38NO2P. The zero-order valence-electron chi connectivity index (χ0n) is 23.4. The number of hydrogen-bond acceptors (Lipinski definition) is 3. The third kappa shape index (κ3) is 5.06. The van der Waals surface area contributed by atoms with Gasteiger partial charge in [-0.3, -0.25) is 0 Å². The van der Waals surface area contributed by atoms with E-state index in [2.05, 4.69) is 131 Å². The van der Waals surface area contributed by atoms with Gasteiger partial charge in [0.2, 0.25) is 0 Å². The van der Waals surface area contributed by atoms with Crippen LogP contribution in [0.5, 0.6) is 0 Å². The first-order valence-electron chi connectivity index (χ1n) is 13.7. The lowest BCUT2D eigenvalue weighted by Crippen LogP contribution is -2.30. The molecule has 0 unspecified atom stereocenters. The number of rotatable bonds is 7. The molecular weight excluding hydrogens is 485 g/mol. The Morgan fingerprint density at radius 2 is 1.00 bits per heavy atom. The zero-order chi connectivity index (χ0) is 26.8. The Bertz CT molecular complexity index is 1470. The molecule has 4 aromatic carbocycles.